The molecule has 0 aliphatic heterocycles. The first-order valence-corrected chi connectivity index (χ1v) is 2.99. The van der Waals surface area contributed by atoms with Gasteiger partial charge in [-0.05, 0) is 12.1 Å². The molecule has 1 heterocycles. The first-order chi connectivity index (χ1) is 5.22. The van der Waals surface area contributed by atoms with Crippen molar-refractivity contribution in [2.45, 2.75) is 6.17 Å². The highest BCUT2D eigenvalue weighted by Gasteiger charge is 2.18. The molecule has 0 aliphatic carbocycles. The average Bonchev–Trinajstić information content (AvgIpc) is 2.05. The maximum Gasteiger partial charge on any atom is 0.344 e. The number of alkyl halides is 1. The van der Waals surface area contributed by atoms with Crippen LogP contribution >= 0.6 is 0 Å². The van der Waals surface area contributed by atoms with E-state index < -0.39 is 12.1 Å². The van der Waals surface area contributed by atoms with Gasteiger partial charge >= 0.3 is 5.97 Å². The van der Waals surface area contributed by atoms with Gasteiger partial charge in [0.15, 0.2) is 0 Å². The van der Waals surface area contributed by atoms with Crippen LogP contribution in [-0.2, 0) is 4.79 Å². The van der Waals surface area contributed by atoms with Crippen LogP contribution in [0.5, 0.6) is 0 Å². The minimum atomic E-state index is -2.02. The smallest absolute Gasteiger partial charge is 0.344 e. The Morgan fingerprint density at radius 1 is 1.64 bits per heavy atom. The Morgan fingerprint density at radius 2 is 2.36 bits per heavy atom. The van der Waals surface area contributed by atoms with Gasteiger partial charge in [0, 0.05) is 6.20 Å². The zero-order chi connectivity index (χ0) is 8.27. The molecule has 58 valence electrons. The Kier molecular flexibility index (Phi) is 2.15. The van der Waals surface area contributed by atoms with E-state index in [-0.39, 0.29) is 5.69 Å². The van der Waals surface area contributed by atoms with E-state index in [4.69, 9.17) is 5.11 Å². The molecule has 0 spiro atoms. The summed E-state index contributed by atoms with van der Waals surface area (Å²) in [4.78, 5) is 13.6. The van der Waals surface area contributed by atoms with Crippen molar-refractivity contribution in [3.05, 3.63) is 30.1 Å². The number of aliphatic carboxylic acids is 1. The first kappa shape index (κ1) is 7.65. The normalized spacial score (nSPS) is 12.5. The summed E-state index contributed by atoms with van der Waals surface area (Å²) in [6, 6.07) is 4.47. The third-order valence-corrected chi connectivity index (χ3v) is 1.16. The molecule has 0 radical (unpaired) electrons. The zero-order valence-electron chi connectivity index (χ0n) is 5.57. The molecule has 11 heavy (non-hydrogen) atoms. The van der Waals surface area contributed by atoms with Crippen molar-refractivity contribution >= 4 is 5.97 Å². The number of halogens is 1. The summed E-state index contributed by atoms with van der Waals surface area (Å²) in [7, 11) is 0. The predicted octanol–water partition coefficient (Wildman–Crippen LogP) is 1.18. The van der Waals surface area contributed by atoms with Crippen molar-refractivity contribution in [3.8, 4) is 0 Å². The van der Waals surface area contributed by atoms with Crippen LogP contribution in [0.15, 0.2) is 24.4 Å². The maximum atomic E-state index is 12.6. The van der Waals surface area contributed by atoms with E-state index in [1.165, 1.54) is 18.3 Å². The highest BCUT2D eigenvalue weighted by atomic mass is 19.1. The molecular weight excluding hydrogens is 149 g/mol. The molecule has 0 bridgehead atoms. The standard InChI is InChI=1S/C7H6FNO2/c8-6(7(10)11)5-3-1-2-4-9-5/h1-4,6H,(H,10,11)/t6-/m1/s1. The Bertz CT molecular complexity index is 250. The van der Waals surface area contributed by atoms with Crippen LogP contribution in [0.1, 0.15) is 11.9 Å². The molecule has 0 saturated carbocycles. The summed E-state index contributed by atoms with van der Waals surface area (Å²) in [6.07, 6.45) is -0.665. The molecule has 1 aromatic heterocycles. The number of carboxylic acid groups (broad SMARTS) is 1. The summed E-state index contributed by atoms with van der Waals surface area (Å²) in [5.41, 5.74) is -0.0694. The number of rotatable bonds is 2. The van der Waals surface area contributed by atoms with Crippen molar-refractivity contribution in [1.29, 1.82) is 0 Å². The van der Waals surface area contributed by atoms with Gasteiger partial charge in [0.05, 0.1) is 5.69 Å². The topological polar surface area (TPSA) is 50.2 Å². The van der Waals surface area contributed by atoms with Crippen molar-refractivity contribution in [3.63, 3.8) is 0 Å². The van der Waals surface area contributed by atoms with E-state index in [2.05, 4.69) is 4.98 Å². The van der Waals surface area contributed by atoms with Gasteiger partial charge in [-0.15, -0.1) is 0 Å². The second-order valence-electron chi connectivity index (χ2n) is 1.96. The van der Waals surface area contributed by atoms with Crippen LogP contribution in [0.25, 0.3) is 0 Å². The van der Waals surface area contributed by atoms with Crippen LogP contribution in [0.3, 0.4) is 0 Å². The summed E-state index contributed by atoms with van der Waals surface area (Å²) in [5, 5.41) is 8.22. The lowest BCUT2D eigenvalue weighted by molar-refractivity contribution is -0.143. The molecular formula is C7H6FNO2. The van der Waals surface area contributed by atoms with E-state index in [1.807, 2.05) is 0 Å². The third-order valence-electron chi connectivity index (χ3n) is 1.16. The molecule has 0 aromatic carbocycles. The highest BCUT2D eigenvalue weighted by Crippen LogP contribution is 2.13. The van der Waals surface area contributed by atoms with Gasteiger partial charge in [-0.2, -0.15) is 0 Å². The van der Waals surface area contributed by atoms with E-state index in [1.54, 1.807) is 6.07 Å². The monoisotopic (exact) mass is 155 g/mol. The summed E-state index contributed by atoms with van der Waals surface area (Å²) in [5.74, 6) is -1.51. The van der Waals surface area contributed by atoms with Crippen LogP contribution in [0.2, 0.25) is 0 Å². The van der Waals surface area contributed by atoms with Gasteiger partial charge in [0.25, 0.3) is 0 Å². The van der Waals surface area contributed by atoms with Gasteiger partial charge in [-0.25, -0.2) is 9.18 Å². The van der Waals surface area contributed by atoms with Crippen LogP contribution < -0.4 is 0 Å². The molecule has 4 heteroatoms. The number of carbonyl (C=O) groups is 1. The fourth-order valence-corrected chi connectivity index (χ4v) is 0.652. The first-order valence-electron chi connectivity index (χ1n) is 2.99. The summed E-state index contributed by atoms with van der Waals surface area (Å²) >= 11 is 0. The number of carboxylic acids is 1. The van der Waals surface area contributed by atoms with E-state index in [0.29, 0.717) is 0 Å². The maximum absolute atomic E-state index is 12.6. The van der Waals surface area contributed by atoms with Crippen LogP contribution in [0, 0.1) is 0 Å². The van der Waals surface area contributed by atoms with E-state index in [0.717, 1.165) is 0 Å². The fourth-order valence-electron chi connectivity index (χ4n) is 0.652. The Morgan fingerprint density at radius 3 is 2.82 bits per heavy atom. The molecule has 1 N–H and O–H groups in total. The molecule has 1 rings (SSSR count). The lowest BCUT2D eigenvalue weighted by Gasteiger charge is -1.99. The minimum Gasteiger partial charge on any atom is -0.479 e. The molecule has 3 nitrogen and oxygen atoms in total. The second-order valence-corrected chi connectivity index (χ2v) is 1.96. The number of nitrogens with zero attached hydrogens (tertiary/aromatic N) is 1. The SMILES string of the molecule is O=C(O)[C@H](F)c1ccccn1. The number of hydrogen-bond acceptors (Lipinski definition) is 2. The van der Waals surface area contributed by atoms with E-state index >= 15 is 0 Å². The molecule has 0 amide bonds. The molecule has 0 fully saturated rings. The average molecular weight is 155 g/mol. The minimum absolute atomic E-state index is 0.0694. The van der Waals surface area contributed by atoms with Crippen LogP contribution in [-0.4, -0.2) is 16.1 Å². The summed E-state index contributed by atoms with van der Waals surface area (Å²) < 4.78 is 12.6. The van der Waals surface area contributed by atoms with Gasteiger partial charge in [0.1, 0.15) is 0 Å². The molecule has 1 aromatic rings. The molecule has 0 saturated heterocycles. The van der Waals surface area contributed by atoms with Crippen molar-refractivity contribution in [1.82, 2.24) is 4.98 Å². The van der Waals surface area contributed by atoms with Gasteiger partial charge < -0.3 is 5.11 Å². The zero-order valence-corrected chi connectivity index (χ0v) is 5.57. The predicted molar refractivity (Wildman–Crippen MR) is 35.7 cm³/mol. The number of aromatic nitrogens is 1. The lowest BCUT2D eigenvalue weighted by Crippen LogP contribution is -2.07. The van der Waals surface area contributed by atoms with E-state index in [9.17, 15) is 9.18 Å². The molecule has 0 unspecified atom stereocenters. The van der Waals surface area contributed by atoms with Gasteiger partial charge in [0.2, 0.25) is 6.17 Å². The Balaban J connectivity index is 2.85. The number of hydrogen-bond donors (Lipinski definition) is 1. The van der Waals surface area contributed by atoms with Crippen molar-refractivity contribution in [2.24, 2.45) is 0 Å². The highest BCUT2D eigenvalue weighted by molar-refractivity contribution is 5.73. The second kappa shape index (κ2) is 3.09. The number of pyridine rings is 1. The van der Waals surface area contributed by atoms with Gasteiger partial charge in [-0.1, -0.05) is 6.07 Å². The van der Waals surface area contributed by atoms with Crippen molar-refractivity contribution in [2.75, 3.05) is 0 Å². The molecule has 0 aliphatic rings. The lowest BCUT2D eigenvalue weighted by atomic mass is 10.2. The quantitative estimate of drug-likeness (QED) is 0.697. The fraction of sp³-hybridized carbons (Fsp3) is 0.143. The van der Waals surface area contributed by atoms with Gasteiger partial charge in [-0.3, -0.25) is 4.98 Å². The Labute approximate surface area is 62.5 Å². The summed E-state index contributed by atoms with van der Waals surface area (Å²) in [6.45, 7) is 0. The van der Waals surface area contributed by atoms with Crippen LogP contribution in [0.4, 0.5) is 4.39 Å². The largest absolute Gasteiger partial charge is 0.479 e. The molecule has 1 atom stereocenters. The van der Waals surface area contributed by atoms with Crippen molar-refractivity contribution < 1.29 is 14.3 Å². The Hall–Kier alpha value is -1.45. The third kappa shape index (κ3) is 1.73.